The second-order valence-electron chi connectivity index (χ2n) is 8.25. The molecule has 0 aliphatic carbocycles. The van der Waals surface area contributed by atoms with Gasteiger partial charge in [0.25, 0.3) is 5.91 Å². The van der Waals surface area contributed by atoms with Gasteiger partial charge in [-0.2, -0.15) is 0 Å². The van der Waals surface area contributed by atoms with Gasteiger partial charge < -0.3 is 14.9 Å². The summed E-state index contributed by atoms with van der Waals surface area (Å²) < 4.78 is 6.40. The highest BCUT2D eigenvalue weighted by Crippen LogP contribution is 2.44. The van der Waals surface area contributed by atoms with Gasteiger partial charge in [0.05, 0.1) is 5.75 Å². The number of aromatic nitrogens is 1. The number of fused-ring (bicyclic) bond motifs is 1. The number of hydrogen-bond acceptors (Lipinski definition) is 7. The number of hydrogen-bond donors (Lipinski definition) is 2. The van der Waals surface area contributed by atoms with E-state index in [9.17, 15) is 19.5 Å². The lowest BCUT2D eigenvalue weighted by Gasteiger charge is -2.49. The van der Waals surface area contributed by atoms with Crippen molar-refractivity contribution in [1.29, 1.82) is 0 Å². The molecule has 3 heterocycles. The van der Waals surface area contributed by atoms with E-state index in [1.807, 2.05) is 54.6 Å². The summed E-state index contributed by atoms with van der Waals surface area (Å²) in [5, 5.41) is 16.3. The number of carbonyl (C=O) groups excluding carboxylic acids is 2. The zero-order valence-corrected chi connectivity index (χ0v) is 22.4. The molecule has 2 atom stereocenters. The van der Waals surface area contributed by atoms with Crippen LogP contribution < -0.4 is 5.32 Å². The van der Waals surface area contributed by atoms with Gasteiger partial charge >= 0.3 is 5.97 Å². The Morgan fingerprint density at radius 1 is 1.22 bits per heavy atom. The average Bonchev–Trinajstić information content (AvgIpc) is 3.40. The molecule has 1 fully saturated rings. The summed E-state index contributed by atoms with van der Waals surface area (Å²) in [6.45, 7) is 4.05. The fourth-order valence-corrected chi connectivity index (χ4v) is 6.43. The van der Waals surface area contributed by atoms with Crippen molar-refractivity contribution >= 4 is 62.8 Å². The van der Waals surface area contributed by atoms with Crippen molar-refractivity contribution in [3.05, 3.63) is 88.7 Å². The molecule has 0 radical (unpaired) electrons. The quantitative estimate of drug-likeness (QED) is 0.285. The van der Waals surface area contributed by atoms with Crippen LogP contribution in [0.4, 0.5) is 0 Å². The second-order valence-corrected chi connectivity index (χ2v) is 11.3. The monoisotopic (exact) mass is 597 g/mol. The molecule has 1 saturated heterocycles. The first-order valence-corrected chi connectivity index (χ1v) is 14.0. The van der Waals surface area contributed by atoms with E-state index < -0.39 is 23.3 Å². The van der Waals surface area contributed by atoms with E-state index >= 15 is 0 Å². The lowest BCUT2D eigenvalue weighted by Crippen LogP contribution is -2.70. The van der Waals surface area contributed by atoms with Crippen molar-refractivity contribution in [2.45, 2.75) is 16.3 Å². The summed E-state index contributed by atoms with van der Waals surface area (Å²) >= 11 is 6.13. The minimum Gasteiger partial charge on any atom is -0.477 e. The smallest absolute Gasteiger partial charge is 0.352 e. The maximum atomic E-state index is 13.0. The number of carboxylic acid groups (broad SMARTS) is 1. The largest absolute Gasteiger partial charge is 0.477 e. The molecule has 2 aromatic carbocycles. The Labute approximate surface area is 229 Å². The number of aliphatic carboxylic acids is 1. The van der Waals surface area contributed by atoms with E-state index in [1.165, 1.54) is 28.4 Å². The summed E-state index contributed by atoms with van der Waals surface area (Å²) in [5.74, 6) is -1.24. The van der Waals surface area contributed by atoms with Gasteiger partial charge in [-0.25, -0.2) is 4.79 Å². The third-order valence-electron chi connectivity index (χ3n) is 5.91. The maximum absolute atomic E-state index is 13.0. The number of rotatable bonds is 8. The van der Waals surface area contributed by atoms with Gasteiger partial charge in [-0.1, -0.05) is 58.0 Å². The number of halogens is 1. The van der Waals surface area contributed by atoms with Crippen LogP contribution in [0.2, 0.25) is 0 Å². The minimum absolute atomic E-state index is 0.149. The van der Waals surface area contributed by atoms with Crippen LogP contribution in [0, 0.1) is 0 Å². The van der Waals surface area contributed by atoms with Crippen molar-refractivity contribution in [3.63, 3.8) is 0 Å². The molecule has 2 amide bonds. The zero-order valence-electron chi connectivity index (χ0n) is 19.2. The van der Waals surface area contributed by atoms with Gasteiger partial charge in [0.1, 0.15) is 22.8 Å². The Balaban J connectivity index is 1.30. The first-order valence-electron chi connectivity index (χ1n) is 11.1. The fourth-order valence-electron chi connectivity index (χ4n) is 4.05. The number of nitrogens with one attached hydrogen (secondary N) is 1. The topological polar surface area (TPSA) is 113 Å². The number of amides is 2. The molecule has 11 heteroatoms. The fraction of sp³-hybridized carbons (Fsp3) is 0.154. The summed E-state index contributed by atoms with van der Waals surface area (Å²) in [6.07, 6.45) is 0. The van der Waals surface area contributed by atoms with Gasteiger partial charge in [-0.05, 0) is 24.3 Å². The highest BCUT2D eigenvalue weighted by molar-refractivity contribution is 9.10. The molecule has 0 bridgehead atoms. The molecule has 0 spiro atoms. The predicted octanol–water partition coefficient (Wildman–Crippen LogP) is 4.65. The third-order valence-corrected chi connectivity index (χ3v) is 8.73. The third kappa shape index (κ3) is 5.11. The first-order chi connectivity index (χ1) is 17.8. The molecule has 1 aromatic heterocycles. The predicted molar refractivity (Wildman–Crippen MR) is 146 cm³/mol. The molecule has 0 saturated carbocycles. The molecule has 5 rings (SSSR count). The van der Waals surface area contributed by atoms with Gasteiger partial charge in [0.15, 0.2) is 5.76 Å². The number of β-lactam (4-membered cyclic amide) rings is 1. The normalized spacial score (nSPS) is 18.7. The van der Waals surface area contributed by atoms with Gasteiger partial charge in [0.2, 0.25) is 5.91 Å². The number of carbonyl (C=O) groups is 3. The van der Waals surface area contributed by atoms with E-state index in [0.717, 1.165) is 14.9 Å². The Morgan fingerprint density at radius 3 is 2.65 bits per heavy atom. The Bertz CT molecular complexity index is 1420. The first kappa shape index (κ1) is 25.4. The minimum atomic E-state index is -1.24. The van der Waals surface area contributed by atoms with E-state index in [4.69, 9.17) is 4.52 Å². The Kier molecular flexibility index (Phi) is 7.27. The van der Waals surface area contributed by atoms with Gasteiger partial charge in [-0.15, -0.1) is 23.5 Å². The standard InChI is InChI=1S/C26H20BrN3O5S2/c1-14(20-11-19(29-35-20)15-7-9-16(27)10-8-15)18-12-37-25-22(24(32)30(25)23(18)26(33)34)28-21(31)13-36-17-5-3-2-4-6-17/h2-11,22,25H,1,12-13H2,(H,28,31)(H,33,34)/t22-,25-/m1/s1. The van der Waals surface area contributed by atoms with E-state index in [2.05, 4.69) is 33.0 Å². The number of nitrogens with zero attached hydrogens (tertiary/aromatic N) is 2. The maximum Gasteiger partial charge on any atom is 0.352 e. The summed E-state index contributed by atoms with van der Waals surface area (Å²) in [6, 6.07) is 17.9. The zero-order chi connectivity index (χ0) is 26.1. The van der Waals surface area contributed by atoms with Crippen molar-refractivity contribution in [2.24, 2.45) is 0 Å². The van der Waals surface area contributed by atoms with Crippen LogP contribution in [0.1, 0.15) is 5.76 Å². The SMILES string of the molecule is C=C(C1=C(C(=O)O)N2C(=O)[C@@H](NC(=O)CSc3ccccc3)[C@H]2SC1)c1cc(-c2ccc(Br)cc2)no1. The van der Waals surface area contributed by atoms with Crippen LogP contribution in [-0.4, -0.2) is 55.9 Å². The molecule has 2 N–H and O–H groups in total. The van der Waals surface area contributed by atoms with Crippen LogP contribution >= 0.6 is 39.5 Å². The second kappa shape index (κ2) is 10.6. The number of thioether (sulfide) groups is 2. The van der Waals surface area contributed by atoms with Crippen LogP contribution in [0.25, 0.3) is 16.8 Å². The summed E-state index contributed by atoms with van der Waals surface area (Å²) in [4.78, 5) is 39.8. The molecular formula is C26H20BrN3O5S2. The highest BCUT2D eigenvalue weighted by Gasteiger charge is 2.54. The number of allylic oxidation sites excluding steroid dienone is 1. The molecule has 0 unspecified atom stereocenters. The van der Waals surface area contributed by atoms with Crippen LogP contribution in [0.15, 0.2) is 92.4 Å². The van der Waals surface area contributed by atoms with Crippen LogP contribution in [0.3, 0.4) is 0 Å². The summed E-state index contributed by atoms with van der Waals surface area (Å²) in [7, 11) is 0. The number of benzene rings is 2. The molecule has 2 aliphatic rings. The van der Waals surface area contributed by atoms with Crippen molar-refractivity contribution in [1.82, 2.24) is 15.4 Å². The van der Waals surface area contributed by atoms with E-state index in [1.54, 1.807) is 6.07 Å². The van der Waals surface area contributed by atoms with Crippen LogP contribution in [0.5, 0.6) is 0 Å². The van der Waals surface area contributed by atoms with Crippen molar-refractivity contribution < 1.29 is 24.0 Å². The highest BCUT2D eigenvalue weighted by atomic mass is 79.9. The molecule has 37 heavy (non-hydrogen) atoms. The number of carboxylic acids is 1. The molecule has 8 nitrogen and oxygen atoms in total. The van der Waals surface area contributed by atoms with Gasteiger partial charge in [-0.3, -0.25) is 14.5 Å². The Hall–Kier alpha value is -3.28. The molecular weight excluding hydrogens is 578 g/mol. The van der Waals surface area contributed by atoms with Crippen LogP contribution in [-0.2, 0) is 14.4 Å². The van der Waals surface area contributed by atoms with Crippen molar-refractivity contribution in [2.75, 3.05) is 11.5 Å². The average molecular weight is 599 g/mol. The van der Waals surface area contributed by atoms with E-state index in [0.29, 0.717) is 22.6 Å². The molecule has 3 aromatic rings. The Morgan fingerprint density at radius 2 is 1.95 bits per heavy atom. The molecule has 2 aliphatic heterocycles. The molecule has 188 valence electrons. The lowest BCUT2D eigenvalue weighted by atomic mass is 9.98. The van der Waals surface area contributed by atoms with Gasteiger partial charge in [0, 0.05) is 37.9 Å². The van der Waals surface area contributed by atoms with Crippen molar-refractivity contribution in [3.8, 4) is 11.3 Å². The van der Waals surface area contributed by atoms with E-state index in [-0.39, 0.29) is 23.1 Å². The summed E-state index contributed by atoms with van der Waals surface area (Å²) in [5.41, 5.74) is 1.99. The lowest BCUT2D eigenvalue weighted by molar-refractivity contribution is -0.150.